The Morgan fingerprint density at radius 1 is 0.487 bits per heavy atom. The van der Waals surface area contributed by atoms with E-state index in [1.807, 2.05) is 0 Å². The maximum absolute atomic E-state index is 14.4. The van der Waals surface area contributed by atoms with Gasteiger partial charge < -0.3 is 28.8 Å². The van der Waals surface area contributed by atoms with Crippen LogP contribution in [0.15, 0.2) is 36.4 Å². The summed E-state index contributed by atoms with van der Waals surface area (Å²) < 4.78 is 211. The number of halogens is 14. The minimum absolute atomic E-state index is 0.0264. The third-order valence-corrected chi connectivity index (χ3v) is 16.0. The first-order valence-electron chi connectivity index (χ1n) is 27.4. The second-order valence-corrected chi connectivity index (χ2v) is 22.3. The summed E-state index contributed by atoms with van der Waals surface area (Å²) >= 11 is 0. The Labute approximate surface area is 449 Å². The minimum atomic E-state index is -3.62. The van der Waals surface area contributed by atoms with Crippen LogP contribution in [-0.2, 0) is 9.47 Å². The first kappa shape index (κ1) is 64.8. The highest BCUT2D eigenvalue weighted by molar-refractivity contribution is 5.27. The molecule has 6 nitrogen and oxygen atoms in total. The van der Waals surface area contributed by atoms with Gasteiger partial charge in [0.05, 0.1) is 31.4 Å². The van der Waals surface area contributed by atoms with Gasteiger partial charge in [-0.1, -0.05) is 27.7 Å². The van der Waals surface area contributed by atoms with Gasteiger partial charge in [-0.05, 0) is 151 Å². The lowest BCUT2D eigenvalue weighted by atomic mass is 9.77. The van der Waals surface area contributed by atoms with Gasteiger partial charge in [-0.15, -0.1) is 0 Å². The van der Waals surface area contributed by atoms with Gasteiger partial charge in [0.2, 0.25) is 12.7 Å². The van der Waals surface area contributed by atoms with E-state index in [2.05, 4.69) is 32.4 Å². The Bertz CT molecular complexity index is 2080. The van der Waals surface area contributed by atoms with Gasteiger partial charge in [0, 0.05) is 61.4 Å². The highest BCUT2D eigenvalue weighted by Crippen LogP contribution is 2.43. The van der Waals surface area contributed by atoms with E-state index >= 15 is 0 Å². The van der Waals surface area contributed by atoms with Crippen molar-refractivity contribution in [3.8, 4) is 17.2 Å². The van der Waals surface area contributed by atoms with Crippen LogP contribution in [0.2, 0.25) is 0 Å². The molecular weight excluding hydrogens is 1060 g/mol. The topological polar surface area (TPSA) is 66.4 Å². The molecule has 78 heavy (non-hydrogen) atoms. The van der Waals surface area contributed by atoms with Crippen LogP contribution in [0.5, 0.6) is 17.2 Å². The van der Waals surface area contributed by atoms with Crippen LogP contribution in [0.25, 0.3) is 0 Å². The standard InChI is InChI=1S/C19H25F5O2.2C19H24F4O2.CH3F/c1-11(2)3-8-17(25)12-4-6-13(7-5-12)19(23,24)26-14-9-15(20)18(22)16(21)10-14;2*1-11-2-7-17(24-10-11)12-3-5-13(6-4-12)19(23)25-14-8-15(20)18(22)16(21)9-14;1-2/h9-13,17,25H,3-8H2,1-2H3;2*8-9,11-13,17,19H,2-7,10H2,1H3;1H3. The zero-order valence-corrected chi connectivity index (χ0v) is 45.0. The van der Waals surface area contributed by atoms with Crippen LogP contribution in [0, 0.1) is 106 Å². The number of aliphatic hydroxyl groups excluding tert-OH is 1. The molecule has 0 amide bonds. The molecule has 3 saturated carbocycles. The lowest BCUT2D eigenvalue weighted by Crippen LogP contribution is -2.38. The molecule has 2 saturated heterocycles. The predicted octanol–water partition coefficient (Wildman–Crippen LogP) is 17.1. The maximum Gasteiger partial charge on any atom is 0.400 e. The van der Waals surface area contributed by atoms with Crippen LogP contribution in [0.1, 0.15) is 143 Å². The Morgan fingerprint density at radius 2 is 0.821 bits per heavy atom. The number of hydrogen-bond donors (Lipinski definition) is 1. The van der Waals surface area contributed by atoms with Crippen molar-refractivity contribution in [3.63, 3.8) is 0 Å². The van der Waals surface area contributed by atoms with Crippen molar-refractivity contribution in [2.45, 2.75) is 180 Å². The van der Waals surface area contributed by atoms with Crippen molar-refractivity contribution in [3.05, 3.63) is 88.8 Å². The smallest absolute Gasteiger partial charge is 0.400 e. The quantitative estimate of drug-likeness (QED) is 0.121. The molecule has 3 aromatic carbocycles. The van der Waals surface area contributed by atoms with E-state index in [0.29, 0.717) is 118 Å². The van der Waals surface area contributed by atoms with Crippen molar-refractivity contribution in [2.75, 3.05) is 20.4 Å². The van der Waals surface area contributed by atoms with Crippen LogP contribution in [-0.4, -0.2) is 62.6 Å². The first-order chi connectivity index (χ1) is 37.0. The number of hydrogen-bond acceptors (Lipinski definition) is 6. The molecule has 1 N–H and O–H groups in total. The SMILES string of the molecule is CC(C)CCC(O)C1CCC(C(F)(F)Oc2cc(F)c(F)c(F)c2)CC1.CC1CCC(C2CCC(C(F)Oc3cc(F)c(F)c(F)c3)CC2)OC1.CC1CCC(C2CCC(C(F)Oc3cc(F)c(F)c(F)c3)CC2)OC1.CF. The predicted molar refractivity (Wildman–Crippen MR) is 265 cm³/mol. The lowest BCUT2D eigenvalue weighted by Gasteiger charge is -2.37. The Kier molecular flexibility index (Phi) is 25.5. The molecule has 20 heteroatoms. The molecule has 5 fully saturated rings. The molecular formula is C58H76F14O6. The Balaban J connectivity index is 0.000000212. The van der Waals surface area contributed by atoms with Crippen molar-refractivity contribution in [1.29, 1.82) is 0 Å². The van der Waals surface area contributed by atoms with Gasteiger partial charge in [-0.3, -0.25) is 4.39 Å². The normalized spacial score (nSPS) is 27.8. The van der Waals surface area contributed by atoms with Gasteiger partial charge in [0.15, 0.2) is 52.4 Å². The summed E-state index contributed by atoms with van der Waals surface area (Å²) in [6.07, 6.45) is 6.24. The molecule has 2 aliphatic heterocycles. The summed E-state index contributed by atoms with van der Waals surface area (Å²) in [7, 11) is 0.500. The largest absolute Gasteiger partial charge is 0.460 e. The van der Waals surface area contributed by atoms with E-state index in [4.69, 9.17) is 18.9 Å². The van der Waals surface area contributed by atoms with Crippen molar-refractivity contribution in [1.82, 2.24) is 0 Å². The summed E-state index contributed by atoms with van der Waals surface area (Å²) in [5, 5.41) is 10.2. The molecule has 8 rings (SSSR count). The van der Waals surface area contributed by atoms with Crippen LogP contribution >= 0.6 is 0 Å². The maximum atomic E-state index is 14.4. The molecule has 3 aliphatic carbocycles. The summed E-state index contributed by atoms with van der Waals surface area (Å²) in [4.78, 5) is 0. The Morgan fingerprint density at radius 3 is 1.14 bits per heavy atom. The number of rotatable bonds is 15. The molecule has 2 heterocycles. The molecule has 0 spiro atoms. The number of benzene rings is 3. The summed E-state index contributed by atoms with van der Waals surface area (Å²) in [5.74, 6) is -14.2. The summed E-state index contributed by atoms with van der Waals surface area (Å²) in [5.41, 5.74) is 0. The zero-order chi connectivity index (χ0) is 57.4. The molecule has 7 atom stereocenters. The second kappa shape index (κ2) is 30.7. The molecule has 0 bridgehead atoms. The average Bonchev–Trinajstić information content (AvgIpc) is 3.42. The molecule has 5 aliphatic rings. The van der Waals surface area contributed by atoms with Gasteiger partial charge in [0.1, 0.15) is 17.2 Å². The van der Waals surface area contributed by atoms with Crippen LogP contribution in [0.4, 0.5) is 61.5 Å². The molecule has 7 unspecified atom stereocenters. The van der Waals surface area contributed by atoms with Gasteiger partial charge in [0.25, 0.3) is 0 Å². The fourth-order valence-corrected chi connectivity index (χ4v) is 11.2. The third kappa shape index (κ3) is 19.0. The van der Waals surface area contributed by atoms with Crippen molar-refractivity contribution in [2.24, 2.45) is 53.3 Å². The second-order valence-electron chi connectivity index (χ2n) is 22.3. The van der Waals surface area contributed by atoms with Crippen molar-refractivity contribution < 1.29 is 90.3 Å². The highest BCUT2D eigenvalue weighted by Gasteiger charge is 2.45. The number of aliphatic hydroxyl groups is 1. The highest BCUT2D eigenvalue weighted by atomic mass is 19.3. The first-order valence-corrected chi connectivity index (χ1v) is 27.4. The Hall–Kier alpha value is -4.04. The fourth-order valence-electron chi connectivity index (χ4n) is 11.2. The lowest BCUT2D eigenvalue weighted by molar-refractivity contribution is -0.225. The third-order valence-electron chi connectivity index (χ3n) is 16.0. The number of ether oxygens (including phenoxy) is 5. The summed E-state index contributed by atoms with van der Waals surface area (Å²) in [6.45, 7) is 10.1. The van der Waals surface area contributed by atoms with E-state index in [0.717, 1.165) is 58.2 Å². The zero-order valence-electron chi connectivity index (χ0n) is 45.0. The van der Waals surface area contributed by atoms with E-state index in [-0.39, 0.29) is 54.3 Å². The van der Waals surface area contributed by atoms with Crippen LogP contribution in [0.3, 0.4) is 0 Å². The summed E-state index contributed by atoms with van der Waals surface area (Å²) in [6, 6.07) is 3.52. The van der Waals surface area contributed by atoms with Crippen molar-refractivity contribution >= 4 is 0 Å². The van der Waals surface area contributed by atoms with E-state index < -0.39 is 89.0 Å². The van der Waals surface area contributed by atoms with E-state index in [9.17, 15) is 66.6 Å². The molecule has 0 radical (unpaired) electrons. The van der Waals surface area contributed by atoms with Crippen LogP contribution < -0.4 is 14.2 Å². The molecule has 0 aromatic heterocycles. The average molecular weight is 1140 g/mol. The number of alkyl halides is 5. The fraction of sp³-hybridized carbons (Fsp3) is 0.690. The van der Waals surface area contributed by atoms with Gasteiger partial charge in [-0.2, -0.15) is 8.78 Å². The van der Waals surface area contributed by atoms with Gasteiger partial charge in [-0.25, -0.2) is 48.3 Å². The molecule has 3 aromatic rings. The van der Waals surface area contributed by atoms with E-state index in [1.54, 1.807) is 0 Å². The van der Waals surface area contributed by atoms with Gasteiger partial charge >= 0.3 is 6.11 Å². The molecule has 442 valence electrons. The monoisotopic (exact) mass is 1130 g/mol. The van der Waals surface area contributed by atoms with E-state index in [1.165, 1.54) is 12.8 Å². The minimum Gasteiger partial charge on any atom is -0.460 e.